The maximum Gasteiger partial charge on any atom is 0.230 e. The van der Waals surface area contributed by atoms with E-state index in [-0.39, 0.29) is 11.8 Å². The smallest absolute Gasteiger partial charge is 0.230 e. The molecule has 1 aliphatic heterocycles. The summed E-state index contributed by atoms with van der Waals surface area (Å²) in [7, 11) is 1.81. The molecule has 0 radical (unpaired) electrons. The quantitative estimate of drug-likeness (QED) is 0.704. The van der Waals surface area contributed by atoms with Gasteiger partial charge in [0.05, 0.1) is 9.90 Å². The van der Waals surface area contributed by atoms with E-state index in [0.717, 1.165) is 21.4 Å². The second kappa shape index (κ2) is 5.62. The van der Waals surface area contributed by atoms with Crippen LogP contribution in [0.4, 0.5) is 0 Å². The Bertz CT molecular complexity index is 888. The normalized spacial score (nSPS) is 18.8. The van der Waals surface area contributed by atoms with E-state index in [2.05, 4.69) is 10.1 Å². The summed E-state index contributed by atoms with van der Waals surface area (Å²) >= 11 is 8.00. The van der Waals surface area contributed by atoms with Gasteiger partial charge in [-0.3, -0.25) is 4.79 Å². The van der Waals surface area contributed by atoms with Gasteiger partial charge in [0.1, 0.15) is 0 Å². The summed E-state index contributed by atoms with van der Waals surface area (Å²) in [6, 6.07) is 7.93. The molecule has 0 spiro atoms. The van der Waals surface area contributed by atoms with E-state index >= 15 is 0 Å². The minimum absolute atomic E-state index is 0.00639. The summed E-state index contributed by atoms with van der Waals surface area (Å²) < 4.78 is 6.50. The van der Waals surface area contributed by atoms with Crippen LogP contribution < -0.4 is 0 Å². The lowest BCUT2D eigenvalue weighted by Crippen LogP contribution is -2.34. The molecular weight excluding hydrogens is 334 g/mol. The third-order valence-electron chi connectivity index (χ3n) is 4.19. The highest BCUT2D eigenvalue weighted by Gasteiger charge is 2.29. The van der Waals surface area contributed by atoms with Gasteiger partial charge in [-0.1, -0.05) is 35.0 Å². The molecule has 4 rings (SSSR count). The highest BCUT2D eigenvalue weighted by atomic mass is 35.5. The SMILES string of the molecule is CN1CCC(c2nc(-c3sc4ccccc4c3Cl)no2)CC1=O. The van der Waals surface area contributed by atoms with E-state index in [4.69, 9.17) is 16.1 Å². The largest absolute Gasteiger partial charge is 0.346 e. The van der Waals surface area contributed by atoms with Crippen molar-refractivity contribution in [1.82, 2.24) is 15.0 Å². The first-order valence-electron chi connectivity index (χ1n) is 7.38. The molecular formula is C16H14ClN3O2S. The van der Waals surface area contributed by atoms with Crippen LogP contribution in [-0.2, 0) is 4.79 Å². The molecule has 1 fully saturated rings. The lowest BCUT2D eigenvalue weighted by atomic mass is 9.96. The van der Waals surface area contributed by atoms with Crippen LogP contribution in [0.2, 0.25) is 5.02 Å². The molecule has 1 atom stereocenters. The zero-order valence-corrected chi connectivity index (χ0v) is 14.0. The van der Waals surface area contributed by atoms with Gasteiger partial charge < -0.3 is 9.42 Å². The van der Waals surface area contributed by atoms with Crippen molar-refractivity contribution >= 4 is 38.9 Å². The maximum atomic E-state index is 11.8. The van der Waals surface area contributed by atoms with Crippen LogP contribution in [0.15, 0.2) is 28.8 Å². The zero-order chi connectivity index (χ0) is 16.0. The monoisotopic (exact) mass is 347 g/mol. The number of carbonyl (C=O) groups excluding carboxylic acids is 1. The number of fused-ring (bicyclic) bond motifs is 1. The lowest BCUT2D eigenvalue weighted by Gasteiger charge is -2.26. The summed E-state index contributed by atoms with van der Waals surface area (Å²) in [5, 5.41) is 5.72. The molecule has 2 aromatic heterocycles. The Kier molecular flexibility index (Phi) is 3.58. The number of amides is 1. The standard InChI is InChI=1S/C16H14ClN3O2S/c1-20-7-6-9(8-12(20)21)16-18-15(19-22-16)14-13(17)10-4-2-3-5-11(10)23-14/h2-5,9H,6-8H2,1H3. The Morgan fingerprint density at radius 1 is 1.39 bits per heavy atom. The van der Waals surface area contributed by atoms with Crippen LogP contribution >= 0.6 is 22.9 Å². The minimum Gasteiger partial charge on any atom is -0.346 e. The van der Waals surface area contributed by atoms with Crippen LogP contribution in [-0.4, -0.2) is 34.5 Å². The third kappa shape index (κ3) is 2.52. The molecule has 0 bridgehead atoms. The first-order valence-corrected chi connectivity index (χ1v) is 8.58. The van der Waals surface area contributed by atoms with Crippen LogP contribution in [0.1, 0.15) is 24.7 Å². The molecule has 118 valence electrons. The predicted molar refractivity (Wildman–Crippen MR) is 89.7 cm³/mol. The summed E-state index contributed by atoms with van der Waals surface area (Å²) in [4.78, 5) is 18.9. The van der Waals surface area contributed by atoms with E-state index in [1.54, 1.807) is 16.2 Å². The first-order chi connectivity index (χ1) is 11.1. The van der Waals surface area contributed by atoms with Gasteiger partial charge in [-0.25, -0.2) is 0 Å². The summed E-state index contributed by atoms with van der Waals surface area (Å²) in [5.74, 6) is 1.13. The van der Waals surface area contributed by atoms with Gasteiger partial charge >= 0.3 is 0 Å². The molecule has 1 unspecified atom stereocenters. The molecule has 1 saturated heterocycles. The van der Waals surface area contributed by atoms with E-state index in [1.807, 2.05) is 31.3 Å². The fourth-order valence-corrected chi connectivity index (χ4v) is 4.25. The average Bonchev–Trinajstić information content (AvgIpc) is 3.16. The number of benzene rings is 1. The molecule has 0 aliphatic carbocycles. The first kappa shape index (κ1) is 14.7. The summed E-state index contributed by atoms with van der Waals surface area (Å²) in [5.41, 5.74) is 0. The van der Waals surface area contributed by atoms with E-state index < -0.39 is 0 Å². The number of hydrogen-bond acceptors (Lipinski definition) is 5. The predicted octanol–water partition coefficient (Wildman–Crippen LogP) is 3.94. The van der Waals surface area contributed by atoms with Gasteiger partial charge in [-0.15, -0.1) is 11.3 Å². The number of piperidine rings is 1. The molecule has 1 amide bonds. The lowest BCUT2D eigenvalue weighted by molar-refractivity contribution is -0.132. The van der Waals surface area contributed by atoms with Crippen molar-refractivity contribution in [2.75, 3.05) is 13.6 Å². The number of halogens is 1. The number of hydrogen-bond donors (Lipinski definition) is 0. The highest BCUT2D eigenvalue weighted by molar-refractivity contribution is 7.23. The van der Waals surface area contributed by atoms with Crippen molar-refractivity contribution < 1.29 is 9.32 Å². The molecule has 23 heavy (non-hydrogen) atoms. The second-order valence-electron chi connectivity index (χ2n) is 5.70. The Labute approximate surface area is 141 Å². The zero-order valence-electron chi connectivity index (χ0n) is 12.5. The molecule has 1 aromatic carbocycles. The van der Waals surface area contributed by atoms with Gasteiger partial charge in [0.15, 0.2) is 0 Å². The Hall–Kier alpha value is -1.92. The molecule has 1 aliphatic rings. The number of thiophene rings is 1. The summed E-state index contributed by atoms with van der Waals surface area (Å²) in [6.45, 7) is 0.713. The Morgan fingerprint density at radius 2 is 2.22 bits per heavy atom. The molecule has 7 heteroatoms. The van der Waals surface area contributed by atoms with Crippen molar-refractivity contribution in [3.63, 3.8) is 0 Å². The van der Waals surface area contributed by atoms with Crippen molar-refractivity contribution in [2.45, 2.75) is 18.8 Å². The van der Waals surface area contributed by atoms with Gasteiger partial charge in [-0.2, -0.15) is 4.98 Å². The molecule has 5 nitrogen and oxygen atoms in total. The fraction of sp³-hybridized carbons (Fsp3) is 0.312. The number of carbonyl (C=O) groups is 1. The number of nitrogens with zero attached hydrogens (tertiary/aromatic N) is 3. The highest BCUT2D eigenvalue weighted by Crippen LogP contribution is 2.41. The summed E-state index contributed by atoms with van der Waals surface area (Å²) in [6.07, 6.45) is 1.25. The van der Waals surface area contributed by atoms with Crippen LogP contribution in [0, 0.1) is 0 Å². The van der Waals surface area contributed by atoms with Crippen molar-refractivity contribution in [3.05, 3.63) is 35.2 Å². The maximum absolute atomic E-state index is 11.8. The van der Waals surface area contributed by atoms with Crippen molar-refractivity contribution in [1.29, 1.82) is 0 Å². The number of aromatic nitrogens is 2. The minimum atomic E-state index is -0.00639. The fourth-order valence-electron chi connectivity index (χ4n) is 2.80. The van der Waals surface area contributed by atoms with E-state index in [9.17, 15) is 4.79 Å². The van der Waals surface area contributed by atoms with Gasteiger partial charge in [0, 0.05) is 36.0 Å². The van der Waals surface area contributed by atoms with Crippen LogP contribution in [0.25, 0.3) is 20.8 Å². The molecule has 0 N–H and O–H groups in total. The number of rotatable bonds is 2. The van der Waals surface area contributed by atoms with Gasteiger partial charge in [0.2, 0.25) is 17.6 Å². The van der Waals surface area contributed by atoms with Crippen molar-refractivity contribution in [3.8, 4) is 10.7 Å². The topological polar surface area (TPSA) is 59.2 Å². The van der Waals surface area contributed by atoms with Crippen LogP contribution in [0.5, 0.6) is 0 Å². The second-order valence-corrected chi connectivity index (χ2v) is 7.13. The van der Waals surface area contributed by atoms with Gasteiger partial charge in [-0.05, 0) is 12.5 Å². The van der Waals surface area contributed by atoms with E-state index in [1.165, 1.54) is 0 Å². The Balaban J connectivity index is 1.67. The molecule has 3 heterocycles. The van der Waals surface area contributed by atoms with Crippen molar-refractivity contribution in [2.24, 2.45) is 0 Å². The van der Waals surface area contributed by atoms with Crippen LogP contribution in [0.3, 0.4) is 0 Å². The third-order valence-corrected chi connectivity index (χ3v) is 5.86. The Morgan fingerprint density at radius 3 is 3.00 bits per heavy atom. The average molecular weight is 348 g/mol. The van der Waals surface area contributed by atoms with E-state index in [0.29, 0.717) is 29.7 Å². The molecule has 3 aromatic rings. The van der Waals surface area contributed by atoms with Gasteiger partial charge in [0.25, 0.3) is 0 Å². The number of likely N-dealkylation sites (tertiary alicyclic amines) is 1. The molecule has 0 saturated carbocycles.